The maximum atomic E-state index is 15.6. The van der Waals surface area contributed by atoms with Gasteiger partial charge in [-0.05, 0) is 62.4 Å². The Morgan fingerprint density at radius 3 is 2.72 bits per heavy atom. The van der Waals surface area contributed by atoms with E-state index >= 15 is 4.39 Å². The Hall–Kier alpha value is -3.83. The van der Waals surface area contributed by atoms with Gasteiger partial charge in [0.1, 0.15) is 11.3 Å². The van der Waals surface area contributed by atoms with Crippen molar-refractivity contribution >= 4 is 40.3 Å². The van der Waals surface area contributed by atoms with Gasteiger partial charge in [0.05, 0.1) is 24.0 Å². The molecular formula is C28H32FN7O3. The molecule has 1 aliphatic carbocycles. The van der Waals surface area contributed by atoms with Crippen molar-refractivity contribution in [3.05, 3.63) is 57.3 Å². The van der Waals surface area contributed by atoms with Crippen LogP contribution in [0, 0.1) is 18.7 Å². The first-order valence-corrected chi connectivity index (χ1v) is 13.5. The van der Waals surface area contributed by atoms with Crippen molar-refractivity contribution in [1.29, 1.82) is 0 Å². The minimum absolute atomic E-state index is 0.0628. The summed E-state index contributed by atoms with van der Waals surface area (Å²) >= 11 is 0. The highest BCUT2D eigenvalue weighted by molar-refractivity contribution is 6.06. The second kappa shape index (κ2) is 10.4. The molecule has 204 valence electrons. The third-order valence-electron chi connectivity index (χ3n) is 7.70. The minimum Gasteiger partial charge on any atom is -0.369 e. The smallest absolute Gasteiger partial charge is 0.349 e. The van der Waals surface area contributed by atoms with Gasteiger partial charge in [0.25, 0.3) is 5.91 Å². The summed E-state index contributed by atoms with van der Waals surface area (Å²) in [6, 6.07) is 7.49. The molecule has 2 aliphatic heterocycles. The zero-order valence-electron chi connectivity index (χ0n) is 22.2. The van der Waals surface area contributed by atoms with E-state index in [4.69, 9.17) is 4.84 Å². The van der Waals surface area contributed by atoms with Gasteiger partial charge in [-0.25, -0.2) is 19.7 Å². The monoisotopic (exact) mass is 533 g/mol. The summed E-state index contributed by atoms with van der Waals surface area (Å²) in [4.78, 5) is 43.1. The number of benzene rings is 2. The molecule has 1 aromatic heterocycles. The number of rotatable bonds is 8. The van der Waals surface area contributed by atoms with Crippen molar-refractivity contribution < 1.29 is 14.0 Å². The quantitative estimate of drug-likeness (QED) is 0.428. The van der Waals surface area contributed by atoms with E-state index < -0.39 is 11.5 Å². The second-order valence-corrected chi connectivity index (χ2v) is 10.4. The largest absolute Gasteiger partial charge is 0.369 e. The first-order valence-electron chi connectivity index (χ1n) is 13.5. The fourth-order valence-electron chi connectivity index (χ4n) is 5.33. The predicted molar refractivity (Wildman–Crippen MR) is 148 cm³/mol. The van der Waals surface area contributed by atoms with E-state index in [0.29, 0.717) is 53.6 Å². The number of hydrogen-bond donors (Lipinski definition) is 2. The van der Waals surface area contributed by atoms with Gasteiger partial charge < -0.3 is 10.2 Å². The van der Waals surface area contributed by atoms with E-state index in [2.05, 4.69) is 30.6 Å². The van der Waals surface area contributed by atoms with E-state index in [-0.39, 0.29) is 11.4 Å². The fourth-order valence-corrected chi connectivity index (χ4v) is 5.33. The van der Waals surface area contributed by atoms with Gasteiger partial charge in [-0.3, -0.25) is 19.1 Å². The molecule has 0 bridgehead atoms. The summed E-state index contributed by atoms with van der Waals surface area (Å²) in [5.41, 5.74) is 5.98. The lowest BCUT2D eigenvalue weighted by molar-refractivity contribution is 0.0270. The highest BCUT2D eigenvalue weighted by Crippen LogP contribution is 2.36. The molecule has 0 spiro atoms. The number of carbonyl (C=O) groups excluding carboxylic acids is 1. The third kappa shape index (κ3) is 4.99. The number of nitrogens with zero attached hydrogens (tertiary/aromatic N) is 5. The number of halogens is 1. The lowest BCUT2D eigenvalue weighted by Crippen LogP contribution is -2.46. The van der Waals surface area contributed by atoms with Gasteiger partial charge >= 0.3 is 5.69 Å². The van der Waals surface area contributed by atoms with Crippen molar-refractivity contribution in [2.75, 3.05) is 43.0 Å². The predicted octanol–water partition coefficient (Wildman–Crippen LogP) is 3.34. The van der Waals surface area contributed by atoms with Crippen LogP contribution in [0.2, 0.25) is 0 Å². The van der Waals surface area contributed by atoms with Gasteiger partial charge in [0.15, 0.2) is 5.82 Å². The molecule has 11 heteroatoms. The van der Waals surface area contributed by atoms with Crippen molar-refractivity contribution in [2.24, 2.45) is 10.9 Å². The van der Waals surface area contributed by atoms with Gasteiger partial charge in [0.2, 0.25) is 0 Å². The van der Waals surface area contributed by atoms with Gasteiger partial charge in [-0.2, -0.15) is 4.98 Å². The maximum absolute atomic E-state index is 15.6. The van der Waals surface area contributed by atoms with Gasteiger partial charge in [0, 0.05) is 56.1 Å². The molecule has 10 nitrogen and oxygen atoms in total. The zero-order chi connectivity index (χ0) is 27.1. The number of carbonyl (C=O) groups is 1. The molecule has 2 fully saturated rings. The van der Waals surface area contributed by atoms with Crippen molar-refractivity contribution in [2.45, 2.75) is 39.8 Å². The molecule has 0 atom stereocenters. The minimum atomic E-state index is -0.501. The SMILES string of the molecule is CCn1c2c3c(cc(CN4CCN(c5ccc(C(=O)NOCC6CC6)cc5C)CC4)c(F)c3nc1=O)NC=N2. The fraction of sp³-hybridized carbons (Fsp3) is 0.429. The molecule has 3 aromatic rings. The van der Waals surface area contributed by atoms with E-state index in [1.165, 1.54) is 23.7 Å². The molecule has 3 aliphatic rings. The standard InChI is InChI=1S/C28H32FN7O3/c1-3-36-26-23-21(30-16-31-26)13-20(24(29)25(23)32-28(36)38)14-34-8-10-35(11-9-34)22-7-6-19(12-17(22)2)27(37)33-39-15-18-4-5-18/h6-7,12-13,16,18H,3-5,8-11,14-15H2,1-2H3,(H,30,31)(H,33,37). The number of hydrogen-bond acceptors (Lipinski definition) is 8. The lowest BCUT2D eigenvalue weighted by Gasteiger charge is -2.37. The molecule has 0 radical (unpaired) electrons. The van der Waals surface area contributed by atoms with E-state index in [1.54, 1.807) is 6.07 Å². The Morgan fingerprint density at radius 1 is 1.21 bits per heavy atom. The van der Waals surface area contributed by atoms with Crippen molar-refractivity contribution in [3.8, 4) is 0 Å². The van der Waals surface area contributed by atoms with Crippen molar-refractivity contribution in [3.63, 3.8) is 0 Å². The number of hydroxylamine groups is 1. The Balaban J connectivity index is 1.13. The Labute approximate surface area is 225 Å². The highest BCUT2D eigenvalue weighted by Gasteiger charge is 2.25. The number of amides is 1. The molecule has 3 heterocycles. The molecule has 1 amide bonds. The Morgan fingerprint density at radius 2 is 2.00 bits per heavy atom. The summed E-state index contributed by atoms with van der Waals surface area (Å²) in [5.74, 6) is 0.308. The van der Waals surface area contributed by atoms with Crippen LogP contribution in [-0.4, -0.2) is 59.5 Å². The first kappa shape index (κ1) is 25.4. The molecule has 1 saturated carbocycles. The summed E-state index contributed by atoms with van der Waals surface area (Å²) in [6.07, 6.45) is 3.86. The van der Waals surface area contributed by atoms with Crippen LogP contribution in [0.5, 0.6) is 0 Å². The Bertz CT molecular complexity index is 1520. The molecular weight excluding hydrogens is 501 g/mol. The van der Waals surface area contributed by atoms with Gasteiger partial charge in [-0.1, -0.05) is 0 Å². The summed E-state index contributed by atoms with van der Waals surface area (Å²) < 4.78 is 17.1. The number of nitrogens with one attached hydrogen (secondary N) is 2. The van der Waals surface area contributed by atoms with Crippen LogP contribution in [-0.2, 0) is 17.9 Å². The number of anilines is 2. The molecule has 2 N–H and O–H groups in total. The normalized spacial score (nSPS) is 16.9. The highest BCUT2D eigenvalue weighted by atomic mass is 19.1. The number of aromatic nitrogens is 2. The maximum Gasteiger partial charge on any atom is 0.349 e. The molecule has 39 heavy (non-hydrogen) atoms. The van der Waals surface area contributed by atoms with E-state index in [0.717, 1.165) is 37.4 Å². The topological polar surface area (TPSA) is 104 Å². The van der Waals surface area contributed by atoms with Crippen LogP contribution >= 0.6 is 0 Å². The second-order valence-electron chi connectivity index (χ2n) is 10.4. The molecule has 0 unspecified atom stereocenters. The van der Waals surface area contributed by atoms with Gasteiger partial charge in [-0.15, -0.1) is 0 Å². The number of piperazine rings is 1. The zero-order valence-corrected chi connectivity index (χ0v) is 22.2. The summed E-state index contributed by atoms with van der Waals surface area (Å²) in [7, 11) is 0. The van der Waals surface area contributed by atoms with E-state index in [9.17, 15) is 9.59 Å². The molecule has 1 saturated heterocycles. The van der Waals surface area contributed by atoms with Crippen LogP contribution in [0.1, 0.15) is 41.3 Å². The average Bonchev–Trinajstić information content (AvgIpc) is 3.76. The van der Waals surface area contributed by atoms with Crippen LogP contribution < -0.4 is 21.4 Å². The van der Waals surface area contributed by atoms with Crippen LogP contribution in [0.15, 0.2) is 34.1 Å². The number of aliphatic imine (C=N–C) groups is 1. The third-order valence-corrected chi connectivity index (χ3v) is 7.70. The summed E-state index contributed by atoms with van der Waals surface area (Å²) in [5, 5.41) is 3.63. The van der Waals surface area contributed by atoms with Crippen LogP contribution in [0.3, 0.4) is 0 Å². The van der Waals surface area contributed by atoms with Crippen molar-refractivity contribution in [1.82, 2.24) is 19.9 Å². The lowest BCUT2D eigenvalue weighted by atomic mass is 10.1. The van der Waals surface area contributed by atoms with Crippen LogP contribution in [0.25, 0.3) is 10.9 Å². The first-order chi connectivity index (χ1) is 18.9. The Kier molecular flexibility index (Phi) is 6.78. The number of aryl methyl sites for hydroxylation is 1. The average molecular weight is 534 g/mol. The summed E-state index contributed by atoms with van der Waals surface area (Å²) in [6.45, 7) is 8.26. The molecule has 6 rings (SSSR count). The van der Waals surface area contributed by atoms with Crippen LogP contribution in [0.4, 0.5) is 21.6 Å². The molecule has 2 aromatic carbocycles. The van der Waals surface area contributed by atoms with E-state index in [1.807, 2.05) is 32.0 Å².